The van der Waals surface area contributed by atoms with Gasteiger partial charge in [-0.25, -0.2) is 4.98 Å². The summed E-state index contributed by atoms with van der Waals surface area (Å²) in [6.07, 6.45) is 0.929. The van der Waals surface area contributed by atoms with E-state index in [0.29, 0.717) is 30.4 Å². The van der Waals surface area contributed by atoms with Crippen LogP contribution >= 0.6 is 11.3 Å². The Morgan fingerprint density at radius 1 is 1.36 bits per heavy atom. The van der Waals surface area contributed by atoms with Gasteiger partial charge in [0.25, 0.3) is 0 Å². The molecular weight excluding hydrogens is 353 g/mol. The number of rotatable bonds is 4. The first-order chi connectivity index (χ1) is 11.9. The highest BCUT2D eigenvalue weighted by Crippen LogP contribution is 2.32. The lowest BCUT2D eigenvalue weighted by Crippen LogP contribution is -2.44. The monoisotopic (exact) mass is 376 g/mol. The standard InChI is InChI=1S/C16H23F3N4OS/c17-16(18,19)10-23-7-1-2-12(9-23)14(24)22-15-21-8-13(25-15)11-3-5-20-6-4-11/h8,11-12,20H,1-7,9-10H2,(H,21,22,24). The van der Waals surface area contributed by atoms with Crippen LogP contribution in [0.25, 0.3) is 0 Å². The fourth-order valence-electron chi connectivity index (χ4n) is 3.51. The first-order valence-corrected chi connectivity index (χ1v) is 9.49. The summed E-state index contributed by atoms with van der Waals surface area (Å²) in [5.41, 5.74) is 0. The zero-order valence-electron chi connectivity index (χ0n) is 13.9. The van der Waals surface area contributed by atoms with Crippen LogP contribution in [-0.4, -0.2) is 54.7 Å². The van der Waals surface area contributed by atoms with Crippen LogP contribution in [0.2, 0.25) is 0 Å². The molecule has 0 radical (unpaired) electrons. The molecule has 0 aliphatic carbocycles. The number of anilines is 1. The van der Waals surface area contributed by atoms with E-state index in [9.17, 15) is 18.0 Å². The third kappa shape index (κ3) is 5.39. The first kappa shape index (κ1) is 18.6. The topological polar surface area (TPSA) is 57.3 Å². The quantitative estimate of drug-likeness (QED) is 0.849. The number of hydrogen-bond acceptors (Lipinski definition) is 5. The number of carbonyl (C=O) groups excluding carboxylic acids is 1. The number of nitrogens with zero attached hydrogens (tertiary/aromatic N) is 2. The molecule has 1 aromatic heterocycles. The Morgan fingerprint density at radius 3 is 2.84 bits per heavy atom. The molecule has 1 unspecified atom stereocenters. The second kappa shape index (κ2) is 8.01. The van der Waals surface area contributed by atoms with Crippen molar-refractivity contribution >= 4 is 22.4 Å². The van der Waals surface area contributed by atoms with Gasteiger partial charge in [0.15, 0.2) is 5.13 Å². The van der Waals surface area contributed by atoms with Crippen LogP contribution in [0.15, 0.2) is 6.20 Å². The van der Waals surface area contributed by atoms with Crippen molar-refractivity contribution < 1.29 is 18.0 Å². The van der Waals surface area contributed by atoms with Crippen molar-refractivity contribution in [2.75, 3.05) is 38.0 Å². The smallest absolute Gasteiger partial charge is 0.317 e. The zero-order chi connectivity index (χ0) is 17.9. The minimum atomic E-state index is -4.22. The molecule has 25 heavy (non-hydrogen) atoms. The summed E-state index contributed by atoms with van der Waals surface area (Å²) in [6, 6.07) is 0. The predicted octanol–water partition coefficient (Wildman–Crippen LogP) is 2.82. The second-order valence-electron chi connectivity index (χ2n) is 6.77. The molecule has 5 nitrogen and oxygen atoms in total. The number of likely N-dealkylation sites (tertiary alicyclic amines) is 1. The maximum atomic E-state index is 12.5. The van der Waals surface area contributed by atoms with E-state index in [4.69, 9.17) is 0 Å². The van der Waals surface area contributed by atoms with Crippen molar-refractivity contribution in [1.29, 1.82) is 0 Å². The maximum absolute atomic E-state index is 12.5. The lowest BCUT2D eigenvalue weighted by atomic mass is 9.97. The van der Waals surface area contributed by atoms with Crippen LogP contribution < -0.4 is 10.6 Å². The average molecular weight is 376 g/mol. The molecule has 2 aliphatic rings. The number of amides is 1. The van der Waals surface area contributed by atoms with E-state index in [1.165, 1.54) is 21.1 Å². The minimum absolute atomic E-state index is 0.151. The van der Waals surface area contributed by atoms with E-state index in [-0.39, 0.29) is 12.5 Å². The van der Waals surface area contributed by atoms with Crippen molar-refractivity contribution in [3.63, 3.8) is 0 Å². The van der Waals surface area contributed by atoms with Crippen molar-refractivity contribution in [2.24, 2.45) is 5.92 Å². The van der Waals surface area contributed by atoms with Crippen LogP contribution in [0.5, 0.6) is 0 Å². The van der Waals surface area contributed by atoms with Gasteiger partial charge in [0, 0.05) is 17.6 Å². The van der Waals surface area contributed by atoms with E-state index in [0.717, 1.165) is 25.9 Å². The number of piperidine rings is 2. The molecule has 2 fully saturated rings. The van der Waals surface area contributed by atoms with E-state index < -0.39 is 18.6 Å². The van der Waals surface area contributed by atoms with E-state index in [1.54, 1.807) is 0 Å². The van der Waals surface area contributed by atoms with Crippen LogP contribution in [0.1, 0.15) is 36.5 Å². The van der Waals surface area contributed by atoms with Gasteiger partial charge in [-0.05, 0) is 51.2 Å². The van der Waals surface area contributed by atoms with Crippen molar-refractivity contribution in [2.45, 2.75) is 37.8 Å². The lowest BCUT2D eigenvalue weighted by Gasteiger charge is -2.32. The molecule has 0 saturated carbocycles. The molecule has 0 aromatic carbocycles. The van der Waals surface area contributed by atoms with Crippen molar-refractivity contribution in [3.05, 3.63) is 11.1 Å². The van der Waals surface area contributed by atoms with Crippen LogP contribution in [0.3, 0.4) is 0 Å². The number of nitrogens with one attached hydrogen (secondary N) is 2. The molecule has 9 heteroatoms. The van der Waals surface area contributed by atoms with Crippen LogP contribution in [0.4, 0.5) is 18.3 Å². The molecule has 3 rings (SSSR count). The number of halogens is 3. The largest absolute Gasteiger partial charge is 0.401 e. The number of aromatic nitrogens is 1. The normalized spacial score (nSPS) is 23.6. The van der Waals surface area contributed by atoms with E-state index >= 15 is 0 Å². The van der Waals surface area contributed by atoms with Gasteiger partial charge in [-0.2, -0.15) is 13.2 Å². The minimum Gasteiger partial charge on any atom is -0.317 e. The molecule has 2 N–H and O–H groups in total. The first-order valence-electron chi connectivity index (χ1n) is 8.67. The van der Waals surface area contributed by atoms with Gasteiger partial charge in [0.1, 0.15) is 0 Å². The van der Waals surface area contributed by atoms with E-state index in [2.05, 4.69) is 15.6 Å². The number of hydrogen-bond donors (Lipinski definition) is 2. The summed E-state index contributed by atoms with van der Waals surface area (Å²) < 4.78 is 37.6. The number of alkyl halides is 3. The molecule has 3 heterocycles. The molecule has 1 amide bonds. The Kier molecular flexibility index (Phi) is 5.96. The highest BCUT2D eigenvalue weighted by atomic mass is 32.1. The summed E-state index contributed by atoms with van der Waals surface area (Å²) in [5, 5.41) is 6.66. The molecule has 2 aliphatic heterocycles. The van der Waals surface area contributed by atoms with Gasteiger partial charge in [0.2, 0.25) is 5.91 Å². The van der Waals surface area contributed by atoms with Gasteiger partial charge in [-0.15, -0.1) is 11.3 Å². The van der Waals surface area contributed by atoms with Crippen molar-refractivity contribution in [3.8, 4) is 0 Å². The Balaban J connectivity index is 1.54. The highest BCUT2D eigenvalue weighted by molar-refractivity contribution is 7.15. The predicted molar refractivity (Wildman–Crippen MR) is 90.8 cm³/mol. The number of thiazole rings is 1. The average Bonchev–Trinajstić information content (AvgIpc) is 3.03. The summed E-state index contributed by atoms with van der Waals surface area (Å²) in [6.45, 7) is 1.56. The summed E-state index contributed by atoms with van der Waals surface area (Å²) in [5.74, 6) is -0.165. The van der Waals surface area contributed by atoms with E-state index in [1.807, 2.05) is 6.20 Å². The fourth-order valence-corrected chi connectivity index (χ4v) is 4.50. The molecular formula is C16H23F3N4OS. The summed E-state index contributed by atoms with van der Waals surface area (Å²) in [4.78, 5) is 19.2. The summed E-state index contributed by atoms with van der Waals surface area (Å²) in [7, 11) is 0. The van der Waals surface area contributed by atoms with Crippen molar-refractivity contribution in [1.82, 2.24) is 15.2 Å². The zero-order valence-corrected chi connectivity index (χ0v) is 14.8. The molecule has 140 valence electrons. The lowest BCUT2D eigenvalue weighted by molar-refractivity contribution is -0.151. The van der Waals surface area contributed by atoms with Crippen LogP contribution in [-0.2, 0) is 4.79 Å². The third-order valence-corrected chi connectivity index (χ3v) is 5.85. The SMILES string of the molecule is O=C(Nc1ncc(C2CCNCC2)s1)C1CCCN(CC(F)(F)F)C1. The van der Waals surface area contributed by atoms with Gasteiger partial charge in [0.05, 0.1) is 12.5 Å². The Morgan fingerprint density at radius 2 is 2.12 bits per heavy atom. The fraction of sp³-hybridized carbons (Fsp3) is 0.750. The third-order valence-electron chi connectivity index (χ3n) is 4.77. The van der Waals surface area contributed by atoms with Gasteiger partial charge >= 0.3 is 6.18 Å². The van der Waals surface area contributed by atoms with Gasteiger partial charge in [-0.3, -0.25) is 9.69 Å². The molecule has 2 saturated heterocycles. The Hall–Kier alpha value is -1.19. The highest BCUT2D eigenvalue weighted by Gasteiger charge is 2.34. The second-order valence-corrected chi connectivity index (χ2v) is 7.83. The van der Waals surface area contributed by atoms with Gasteiger partial charge < -0.3 is 10.6 Å². The van der Waals surface area contributed by atoms with Crippen LogP contribution in [0, 0.1) is 5.92 Å². The summed E-state index contributed by atoms with van der Waals surface area (Å²) >= 11 is 1.48. The number of carbonyl (C=O) groups is 1. The molecule has 0 bridgehead atoms. The Bertz CT molecular complexity index is 586. The molecule has 1 atom stereocenters. The molecule has 0 spiro atoms. The molecule has 1 aromatic rings. The maximum Gasteiger partial charge on any atom is 0.401 e. The van der Waals surface area contributed by atoms with Gasteiger partial charge in [-0.1, -0.05) is 0 Å². The Labute approximate surface area is 149 Å².